The van der Waals surface area contributed by atoms with Crippen LogP contribution in [0.25, 0.3) is 0 Å². The lowest BCUT2D eigenvalue weighted by atomic mass is 9.50. The molecule has 4 aliphatic rings. The summed E-state index contributed by atoms with van der Waals surface area (Å²) in [5.41, 5.74) is 0.683. The van der Waals surface area contributed by atoms with E-state index >= 15 is 0 Å². The molecule has 5 rings (SSSR count). The molecule has 6 heteroatoms. The van der Waals surface area contributed by atoms with Crippen molar-refractivity contribution in [2.24, 2.45) is 0 Å². The normalized spacial score (nSPS) is 28.1. The van der Waals surface area contributed by atoms with Gasteiger partial charge in [-0.3, -0.25) is 4.79 Å². The lowest BCUT2D eigenvalue weighted by molar-refractivity contribution is -0.169. The van der Waals surface area contributed by atoms with Crippen LogP contribution in [0.4, 0.5) is 0 Å². The quantitative estimate of drug-likeness (QED) is 0.176. The molecular weight excluding hydrogens is 502 g/mol. The fraction of sp³-hybridized carbons (Fsp3) is 0.735. The Morgan fingerprint density at radius 2 is 1.68 bits per heavy atom. The van der Waals surface area contributed by atoms with Gasteiger partial charge >= 0.3 is 5.97 Å². The highest BCUT2D eigenvalue weighted by atomic mass is 16.6. The number of ether oxygens (including phenoxy) is 3. The standard InChI is InChI=1S/C34H51NO5/c1-4-5-6-7-8-9-10-11-12-13-14-15-16-17-29(36)39-27-20-21-34(37)28-24-25-18-19-26(38-3)31-30(25)33(34,32(27)40-31)22-23-35(28)2/h18-20,28,32,37H,4-17,21-24H2,1-3H3/t28-,32+,33+,34-/m1/s1. The summed E-state index contributed by atoms with van der Waals surface area (Å²) in [5.74, 6) is 1.77. The molecule has 2 heterocycles. The Morgan fingerprint density at radius 1 is 1.02 bits per heavy atom. The maximum absolute atomic E-state index is 12.9. The molecule has 0 saturated carbocycles. The fourth-order valence-electron chi connectivity index (χ4n) is 8.06. The molecular formula is C34H51NO5. The summed E-state index contributed by atoms with van der Waals surface area (Å²) in [6.07, 6.45) is 20.4. The molecule has 1 spiro atoms. The van der Waals surface area contributed by atoms with E-state index in [1.165, 1.54) is 76.2 Å². The molecule has 2 aliphatic heterocycles. The number of aliphatic hydroxyl groups is 1. The van der Waals surface area contributed by atoms with Crippen LogP contribution in [-0.4, -0.2) is 54.4 Å². The van der Waals surface area contributed by atoms with Crippen LogP contribution in [0.1, 0.15) is 121 Å². The summed E-state index contributed by atoms with van der Waals surface area (Å²) >= 11 is 0. The van der Waals surface area contributed by atoms with E-state index in [1.54, 1.807) is 7.11 Å². The molecule has 6 nitrogen and oxygen atoms in total. The SMILES string of the molecule is CCCCCCCCCCCCCCCC(=O)OC1=CC[C@@]2(O)[C@H]3Cc4ccc(OC)c5c4[C@@]2(CCN3C)[C@H]1O5. The van der Waals surface area contributed by atoms with Crippen molar-refractivity contribution in [3.8, 4) is 11.5 Å². The van der Waals surface area contributed by atoms with Crippen molar-refractivity contribution >= 4 is 5.97 Å². The number of methoxy groups -OCH3 is 1. The average molecular weight is 554 g/mol. The van der Waals surface area contributed by atoms with E-state index in [9.17, 15) is 9.90 Å². The zero-order chi connectivity index (χ0) is 28.2. The lowest BCUT2D eigenvalue weighted by Gasteiger charge is -2.61. The summed E-state index contributed by atoms with van der Waals surface area (Å²) in [5, 5.41) is 12.3. The minimum Gasteiger partial charge on any atom is -0.493 e. The van der Waals surface area contributed by atoms with Crippen molar-refractivity contribution in [3.63, 3.8) is 0 Å². The predicted molar refractivity (Wildman–Crippen MR) is 158 cm³/mol. The van der Waals surface area contributed by atoms with Gasteiger partial charge in [-0.15, -0.1) is 0 Å². The van der Waals surface area contributed by atoms with E-state index in [0.29, 0.717) is 30.1 Å². The number of hydrogen-bond donors (Lipinski definition) is 1. The van der Waals surface area contributed by atoms with Gasteiger partial charge in [0.1, 0.15) is 5.76 Å². The number of likely N-dealkylation sites (tertiary alicyclic amines) is 1. The van der Waals surface area contributed by atoms with Gasteiger partial charge in [-0.2, -0.15) is 0 Å². The molecule has 40 heavy (non-hydrogen) atoms. The number of benzene rings is 1. The first-order valence-electron chi connectivity index (χ1n) is 16.2. The molecule has 0 unspecified atom stereocenters. The summed E-state index contributed by atoms with van der Waals surface area (Å²) in [7, 11) is 3.75. The second-order valence-electron chi connectivity index (χ2n) is 12.8. The van der Waals surface area contributed by atoms with E-state index in [4.69, 9.17) is 14.2 Å². The summed E-state index contributed by atoms with van der Waals surface area (Å²) in [6, 6.07) is 4.08. The molecule has 1 N–H and O–H groups in total. The van der Waals surface area contributed by atoms with Crippen molar-refractivity contribution in [1.82, 2.24) is 4.90 Å². The maximum Gasteiger partial charge on any atom is 0.310 e. The van der Waals surface area contributed by atoms with Crippen LogP contribution in [0.5, 0.6) is 11.5 Å². The zero-order valence-corrected chi connectivity index (χ0v) is 25.1. The van der Waals surface area contributed by atoms with E-state index < -0.39 is 17.1 Å². The molecule has 2 aliphatic carbocycles. The maximum atomic E-state index is 12.9. The van der Waals surface area contributed by atoms with Crippen LogP contribution >= 0.6 is 0 Å². The van der Waals surface area contributed by atoms with Gasteiger partial charge in [-0.25, -0.2) is 0 Å². The second kappa shape index (κ2) is 12.9. The minimum absolute atomic E-state index is 0.00140. The minimum atomic E-state index is -0.972. The van der Waals surface area contributed by atoms with Crippen molar-refractivity contribution in [3.05, 3.63) is 35.1 Å². The van der Waals surface area contributed by atoms with E-state index in [1.807, 2.05) is 12.1 Å². The summed E-state index contributed by atoms with van der Waals surface area (Å²) < 4.78 is 18.3. The molecule has 4 atom stereocenters. The largest absolute Gasteiger partial charge is 0.493 e. The van der Waals surface area contributed by atoms with Gasteiger partial charge in [-0.1, -0.05) is 90.0 Å². The Labute approximate surface area is 241 Å². The molecule has 1 aromatic rings. The highest BCUT2D eigenvalue weighted by Gasteiger charge is 2.72. The number of carbonyl (C=O) groups is 1. The third kappa shape index (κ3) is 5.31. The predicted octanol–water partition coefficient (Wildman–Crippen LogP) is 7.00. The van der Waals surface area contributed by atoms with Crippen LogP contribution in [0.2, 0.25) is 0 Å². The lowest BCUT2D eigenvalue weighted by Crippen LogP contribution is -2.74. The first kappa shape index (κ1) is 29.4. The van der Waals surface area contributed by atoms with Gasteiger partial charge < -0.3 is 24.2 Å². The number of likely N-dealkylation sites (N-methyl/N-ethyl adjacent to an activating group) is 1. The first-order valence-corrected chi connectivity index (χ1v) is 16.2. The molecule has 222 valence electrons. The van der Waals surface area contributed by atoms with Gasteiger partial charge in [0.05, 0.1) is 18.1 Å². The molecule has 0 amide bonds. The Balaban J connectivity index is 1.12. The number of unbranched alkanes of at least 4 members (excludes halogenated alkanes) is 12. The number of esters is 1. The van der Waals surface area contributed by atoms with Crippen molar-refractivity contribution in [2.45, 2.75) is 139 Å². The van der Waals surface area contributed by atoms with Crippen LogP contribution in [-0.2, 0) is 21.4 Å². The molecule has 0 aromatic heterocycles. The Bertz CT molecular complexity index is 1070. The van der Waals surface area contributed by atoms with Crippen LogP contribution in [0.15, 0.2) is 24.0 Å². The Hall–Kier alpha value is -2.05. The van der Waals surface area contributed by atoms with Crippen LogP contribution in [0, 0.1) is 0 Å². The molecule has 1 aromatic carbocycles. The first-order chi connectivity index (χ1) is 19.5. The van der Waals surface area contributed by atoms with Crippen molar-refractivity contribution in [2.75, 3.05) is 20.7 Å². The molecule has 1 fully saturated rings. The van der Waals surface area contributed by atoms with Gasteiger partial charge in [0.2, 0.25) is 0 Å². The number of piperidine rings is 1. The van der Waals surface area contributed by atoms with Gasteiger partial charge in [-0.05, 0) is 50.6 Å². The zero-order valence-electron chi connectivity index (χ0n) is 25.1. The average Bonchev–Trinajstić information content (AvgIpc) is 3.30. The van der Waals surface area contributed by atoms with Crippen LogP contribution < -0.4 is 9.47 Å². The highest BCUT2D eigenvalue weighted by molar-refractivity contribution is 5.72. The van der Waals surface area contributed by atoms with E-state index in [0.717, 1.165) is 37.8 Å². The number of nitrogens with zero attached hydrogens (tertiary/aromatic N) is 1. The number of carbonyl (C=O) groups excluding carboxylic acids is 1. The fourth-order valence-corrected chi connectivity index (χ4v) is 8.06. The van der Waals surface area contributed by atoms with Crippen molar-refractivity contribution < 1.29 is 24.1 Å². The van der Waals surface area contributed by atoms with Gasteiger partial charge in [0.15, 0.2) is 17.6 Å². The monoisotopic (exact) mass is 553 g/mol. The molecule has 0 radical (unpaired) electrons. The summed E-state index contributed by atoms with van der Waals surface area (Å²) in [6.45, 7) is 3.13. The van der Waals surface area contributed by atoms with Crippen molar-refractivity contribution in [1.29, 1.82) is 0 Å². The Kier molecular flexibility index (Phi) is 9.46. The third-order valence-electron chi connectivity index (χ3n) is 10.3. The number of rotatable bonds is 16. The summed E-state index contributed by atoms with van der Waals surface area (Å²) in [4.78, 5) is 15.2. The second-order valence-corrected chi connectivity index (χ2v) is 12.8. The van der Waals surface area contributed by atoms with E-state index in [-0.39, 0.29) is 12.0 Å². The van der Waals surface area contributed by atoms with E-state index in [2.05, 4.69) is 24.9 Å². The smallest absolute Gasteiger partial charge is 0.310 e. The topological polar surface area (TPSA) is 68.2 Å². The van der Waals surface area contributed by atoms with Gasteiger partial charge in [0.25, 0.3) is 0 Å². The third-order valence-corrected chi connectivity index (χ3v) is 10.3. The number of hydrogen-bond acceptors (Lipinski definition) is 6. The highest BCUT2D eigenvalue weighted by Crippen LogP contribution is 2.65. The Morgan fingerprint density at radius 3 is 2.33 bits per heavy atom. The van der Waals surface area contributed by atoms with Crippen LogP contribution in [0.3, 0.4) is 0 Å². The molecule has 1 saturated heterocycles. The molecule has 2 bridgehead atoms. The van der Waals surface area contributed by atoms with Gasteiger partial charge in [0, 0.05) is 24.4 Å².